The summed E-state index contributed by atoms with van der Waals surface area (Å²) in [5.74, 6) is -0.129. The molecule has 3 heteroatoms. The number of amides is 1. The van der Waals surface area contributed by atoms with Gasteiger partial charge >= 0.3 is 0 Å². The van der Waals surface area contributed by atoms with Gasteiger partial charge in [0.05, 0.1) is 6.54 Å². The molecule has 0 spiro atoms. The van der Waals surface area contributed by atoms with E-state index in [4.69, 9.17) is 11.6 Å². The molecule has 0 unspecified atom stereocenters. The van der Waals surface area contributed by atoms with Crippen molar-refractivity contribution >= 4 is 17.5 Å². The minimum atomic E-state index is -0.129. The molecule has 0 aliphatic rings. The Morgan fingerprint density at radius 2 is 2.29 bits per heavy atom. The van der Waals surface area contributed by atoms with Crippen molar-refractivity contribution in [3.8, 4) is 0 Å². The largest absolute Gasteiger partial charge is 0.347 e. The normalized spacial score (nSPS) is 9.57. The van der Waals surface area contributed by atoms with Gasteiger partial charge in [0.15, 0.2) is 0 Å². The van der Waals surface area contributed by atoms with E-state index in [0.29, 0.717) is 17.1 Å². The van der Waals surface area contributed by atoms with Crippen LogP contribution in [0.5, 0.6) is 0 Å². The van der Waals surface area contributed by atoms with E-state index >= 15 is 0 Å². The van der Waals surface area contributed by atoms with Crippen LogP contribution >= 0.6 is 11.6 Å². The maximum atomic E-state index is 11.5. The molecule has 1 aromatic rings. The van der Waals surface area contributed by atoms with Gasteiger partial charge in [-0.2, -0.15) is 0 Å². The molecule has 1 N–H and O–H groups in total. The molecule has 74 valence electrons. The van der Waals surface area contributed by atoms with Crippen LogP contribution in [0, 0.1) is 6.92 Å². The molecular weight excluding hydrogens is 198 g/mol. The first-order chi connectivity index (χ1) is 6.59. The first-order valence-corrected chi connectivity index (χ1v) is 4.65. The summed E-state index contributed by atoms with van der Waals surface area (Å²) in [6.07, 6.45) is 0. The van der Waals surface area contributed by atoms with E-state index in [1.54, 1.807) is 6.07 Å². The lowest BCUT2D eigenvalue weighted by Gasteiger charge is -2.04. The number of carbonyl (C=O) groups is 1. The van der Waals surface area contributed by atoms with Gasteiger partial charge in [0, 0.05) is 10.6 Å². The number of nitrogens with one attached hydrogen (secondary N) is 1. The third-order valence-electron chi connectivity index (χ3n) is 1.72. The minimum Gasteiger partial charge on any atom is -0.347 e. The second kappa shape index (κ2) is 4.82. The topological polar surface area (TPSA) is 29.1 Å². The number of rotatable bonds is 3. The van der Waals surface area contributed by atoms with E-state index in [-0.39, 0.29) is 5.91 Å². The Kier molecular flexibility index (Phi) is 3.72. The van der Waals surface area contributed by atoms with Crippen LogP contribution in [-0.4, -0.2) is 12.5 Å². The van der Waals surface area contributed by atoms with Crippen LogP contribution in [0.1, 0.15) is 15.9 Å². The van der Waals surface area contributed by atoms with Gasteiger partial charge in [0.1, 0.15) is 0 Å². The van der Waals surface area contributed by atoms with E-state index in [1.807, 2.05) is 25.1 Å². The monoisotopic (exact) mass is 209 g/mol. The molecule has 0 heterocycles. The standard InChI is InChI=1S/C11H12ClNO/c1-8-4-3-5-10(6-8)11(14)13-7-9(2)12/h3-6H,2,7H2,1H3,(H,13,14). The van der Waals surface area contributed by atoms with Crippen LogP contribution < -0.4 is 5.32 Å². The molecule has 0 bridgehead atoms. The summed E-state index contributed by atoms with van der Waals surface area (Å²) in [6, 6.07) is 7.38. The van der Waals surface area contributed by atoms with Gasteiger partial charge < -0.3 is 5.32 Å². The third kappa shape index (κ3) is 3.23. The van der Waals surface area contributed by atoms with E-state index in [1.165, 1.54) is 0 Å². The first-order valence-electron chi connectivity index (χ1n) is 4.28. The van der Waals surface area contributed by atoms with E-state index in [9.17, 15) is 4.79 Å². The summed E-state index contributed by atoms with van der Waals surface area (Å²) in [5.41, 5.74) is 1.70. The predicted octanol–water partition coefficient (Wildman–Crippen LogP) is 2.48. The Bertz CT molecular complexity index is 360. The van der Waals surface area contributed by atoms with Crippen LogP contribution in [0.4, 0.5) is 0 Å². The Hall–Kier alpha value is -1.28. The molecule has 1 aromatic carbocycles. The van der Waals surface area contributed by atoms with E-state index in [2.05, 4.69) is 11.9 Å². The van der Waals surface area contributed by atoms with Crippen LogP contribution in [0.25, 0.3) is 0 Å². The van der Waals surface area contributed by atoms with Gasteiger partial charge in [-0.3, -0.25) is 4.79 Å². The Morgan fingerprint density at radius 3 is 2.86 bits per heavy atom. The van der Waals surface area contributed by atoms with Crippen molar-refractivity contribution in [1.29, 1.82) is 0 Å². The number of halogens is 1. The third-order valence-corrected chi connectivity index (χ3v) is 1.85. The van der Waals surface area contributed by atoms with Gasteiger partial charge in [0.25, 0.3) is 5.91 Å². The summed E-state index contributed by atoms with van der Waals surface area (Å²) in [7, 11) is 0. The molecule has 0 atom stereocenters. The van der Waals surface area contributed by atoms with Gasteiger partial charge in [-0.1, -0.05) is 35.9 Å². The van der Waals surface area contributed by atoms with Crippen molar-refractivity contribution in [3.05, 3.63) is 47.0 Å². The zero-order valence-corrected chi connectivity index (χ0v) is 8.77. The van der Waals surface area contributed by atoms with Gasteiger partial charge in [-0.05, 0) is 19.1 Å². The lowest BCUT2D eigenvalue weighted by Crippen LogP contribution is -2.24. The Labute approximate surface area is 88.6 Å². The van der Waals surface area contributed by atoms with Gasteiger partial charge in [-0.15, -0.1) is 0 Å². The number of benzene rings is 1. The van der Waals surface area contributed by atoms with Gasteiger partial charge in [-0.25, -0.2) is 0 Å². The summed E-state index contributed by atoms with van der Waals surface area (Å²) in [6.45, 7) is 5.73. The highest BCUT2D eigenvalue weighted by molar-refractivity contribution is 6.29. The fourth-order valence-corrected chi connectivity index (χ4v) is 1.13. The molecule has 0 saturated heterocycles. The van der Waals surface area contributed by atoms with Crippen LogP contribution in [0.2, 0.25) is 0 Å². The smallest absolute Gasteiger partial charge is 0.251 e. The Morgan fingerprint density at radius 1 is 1.57 bits per heavy atom. The fraction of sp³-hybridized carbons (Fsp3) is 0.182. The lowest BCUT2D eigenvalue weighted by atomic mass is 10.1. The maximum absolute atomic E-state index is 11.5. The summed E-state index contributed by atoms with van der Waals surface area (Å²) in [5, 5.41) is 3.08. The second-order valence-electron chi connectivity index (χ2n) is 3.07. The molecule has 1 amide bonds. The average Bonchev–Trinajstić information content (AvgIpc) is 2.14. The molecule has 2 nitrogen and oxygen atoms in total. The number of hydrogen-bond donors (Lipinski definition) is 1. The van der Waals surface area contributed by atoms with Crippen molar-refractivity contribution in [2.24, 2.45) is 0 Å². The van der Waals surface area contributed by atoms with E-state index < -0.39 is 0 Å². The summed E-state index contributed by atoms with van der Waals surface area (Å²) in [4.78, 5) is 11.5. The molecule has 0 radical (unpaired) electrons. The first kappa shape index (κ1) is 10.8. The molecule has 0 fully saturated rings. The molecule has 0 aliphatic carbocycles. The van der Waals surface area contributed by atoms with Crippen molar-refractivity contribution in [1.82, 2.24) is 5.32 Å². The average molecular weight is 210 g/mol. The van der Waals surface area contributed by atoms with Crippen LogP contribution in [-0.2, 0) is 0 Å². The SMILES string of the molecule is C=C(Cl)CNC(=O)c1cccc(C)c1. The molecule has 14 heavy (non-hydrogen) atoms. The zero-order chi connectivity index (χ0) is 10.6. The predicted molar refractivity (Wildman–Crippen MR) is 58.5 cm³/mol. The van der Waals surface area contributed by atoms with Crippen molar-refractivity contribution in [2.45, 2.75) is 6.92 Å². The molecule has 0 aromatic heterocycles. The zero-order valence-electron chi connectivity index (χ0n) is 8.01. The summed E-state index contributed by atoms with van der Waals surface area (Å²) < 4.78 is 0. The molecular formula is C11H12ClNO. The molecule has 1 rings (SSSR count). The fourth-order valence-electron chi connectivity index (χ4n) is 1.06. The van der Waals surface area contributed by atoms with Crippen molar-refractivity contribution in [2.75, 3.05) is 6.54 Å². The highest BCUT2D eigenvalue weighted by Gasteiger charge is 2.04. The highest BCUT2D eigenvalue weighted by atomic mass is 35.5. The lowest BCUT2D eigenvalue weighted by molar-refractivity contribution is 0.0957. The van der Waals surface area contributed by atoms with Crippen molar-refractivity contribution in [3.63, 3.8) is 0 Å². The van der Waals surface area contributed by atoms with Crippen molar-refractivity contribution < 1.29 is 4.79 Å². The Balaban J connectivity index is 2.65. The number of carbonyl (C=O) groups excluding carboxylic acids is 1. The molecule has 0 saturated carbocycles. The molecule has 0 aliphatic heterocycles. The number of aryl methyl sites for hydroxylation is 1. The number of hydrogen-bond acceptors (Lipinski definition) is 1. The highest BCUT2D eigenvalue weighted by Crippen LogP contribution is 2.04. The quantitative estimate of drug-likeness (QED) is 0.814. The summed E-state index contributed by atoms with van der Waals surface area (Å²) >= 11 is 5.53. The van der Waals surface area contributed by atoms with Crippen LogP contribution in [0.15, 0.2) is 35.9 Å². The minimum absolute atomic E-state index is 0.129. The second-order valence-corrected chi connectivity index (χ2v) is 3.60. The van der Waals surface area contributed by atoms with Crippen LogP contribution in [0.3, 0.4) is 0 Å². The van der Waals surface area contributed by atoms with E-state index in [0.717, 1.165) is 5.56 Å². The maximum Gasteiger partial charge on any atom is 0.251 e. The van der Waals surface area contributed by atoms with Gasteiger partial charge in [0.2, 0.25) is 0 Å².